The average Bonchev–Trinajstić information content (AvgIpc) is 3.19. The second-order valence-electron chi connectivity index (χ2n) is 4.34. The fraction of sp³-hybridized carbons (Fsp3) is 0.500. The van der Waals surface area contributed by atoms with Crippen molar-refractivity contribution in [2.75, 3.05) is 18.0 Å². The standard InChI is InChI=1S/C12H18N4O/c1-2-16(8-9-5-6-9)12-10(11(13)15-17)4-3-7-14-12/h3-4,7,9,17H,2,5-6,8H2,1H3,(H2,13,15). The van der Waals surface area contributed by atoms with Gasteiger partial charge < -0.3 is 15.8 Å². The highest BCUT2D eigenvalue weighted by Gasteiger charge is 2.25. The van der Waals surface area contributed by atoms with Crippen LogP contribution in [0.25, 0.3) is 0 Å². The lowest BCUT2D eigenvalue weighted by atomic mass is 10.2. The monoisotopic (exact) mass is 234 g/mol. The first-order valence-corrected chi connectivity index (χ1v) is 5.94. The first-order chi connectivity index (χ1) is 8.26. The van der Waals surface area contributed by atoms with Gasteiger partial charge in [-0.3, -0.25) is 0 Å². The molecular weight excluding hydrogens is 216 g/mol. The van der Waals surface area contributed by atoms with Crippen molar-refractivity contribution < 1.29 is 5.21 Å². The molecule has 0 aromatic carbocycles. The van der Waals surface area contributed by atoms with E-state index in [4.69, 9.17) is 10.9 Å². The van der Waals surface area contributed by atoms with Gasteiger partial charge in [0, 0.05) is 19.3 Å². The zero-order chi connectivity index (χ0) is 12.3. The van der Waals surface area contributed by atoms with Crippen LogP contribution in [-0.4, -0.2) is 29.1 Å². The Bertz CT molecular complexity index is 415. The second kappa shape index (κ2) is 5.03. The van der Waals surface area contributed by atoms with E-state index < -0.39 is 0 Å². The second-order valence-corrected chi connectivity index (χ2v) is 4.34. The Balaban J connectivity index is 2.27. The summed E-state index contributed by atoms with van der Waals surface area (Å²) in [6.07, 6.45) is 4.32. The zero-order valence-corrected chi connectivity index (χ0v) is 10.0. The topological polar surface area (TPSA) is 74.7 Å². The van der Waals surface area contributed by atoms with Crippen LogP contribution in [-0.2, 0) is 0 Å². The number of rotatable bonds is 5. The molecule has 0 amide bonds. The predicted octanol–water partition coefficient (Wildman–Crippen LogP) is 1.41. The molecule has 0 atom stereocenters. The fourth-order valence-corrected chi connectivity index (χ4v) is 1.88. The SMILES string of the molecule is CCN(CC1CC1)c1ncccc1/C(N)=N/O. The maximum absolute atomic E-state index is 8.78. The van der Waals surface area contributed by atoms with Gasteiger partial charge in [0.1, 0.15) is 5.82 Å². The van der Waals surface area contributed by atoms with Gasteiger partial charge in [-0.2, -0.15) is 0 Å². The van der Waals surface area contributed by atoms with Crippen LogP contribution in [0.2, 0.25) is 0 Å². The van der Waals surface area contributed by atoms with E-state index in [2.05, 4.69) is 22.0 Å². The number of oxime groups is 1. The Labute approximate surface area is 101 Å². The summed E-state index contributed by atoms with van der Waals surface area (Å²) in [5.41, 5.74) is 6.36. The lowest BCUT2D eigenvalue weighted by Gasteiger charge is -2.23. The van der Waals surface area contributed by atoms with Crippen LogP contribution in [0, 0.1) is 5.92 Å². The van der Waals surface area contributed by atoms with E-state index in [9.17, 15) is 0 Å². The summed E-state index contributed by atoms with van der Waals surface area (Å²) in [5.74, 6) is 1.69. The summed E-state index contributed by atoms with van der Waals surface area (Å²) in [5, 5.41) is 11.8. The van der Waals surface area contributed by atoms with Gasteiger partial charge in [-0.05, 0) is 37.8 Å². The number of amidine groups is 1. The minimum atomic E-state index is 0.113. The van der Waals surface area contributed by atoms with Crippen molar-refractivity contribution in [3.05, 3.63) is 23.9 Å². The maximum atomic E-state index is 8.78. The van der Waals surface area contributed by atoms with Gasteiger partial charge in [-0.25, -0.2) is 4.98 Å². The minimum absolute atomic E-state index is 0.113. The third-order valence-electron chi connectivity index (χ3n) is 3.03. The molecule has 0 bridgehead atoms. The van der Waals surface area contributed by atoms with Crippen LogP contribution < -0.4 is 10.6 Å². The van der Waals surface area contributed by atoms with Gasteiger partial charge in [-0.15, -0.1) is 0 Å². The van der Waals surface area contributed by atoms with E-state index >= 15 is 0 Å². The molecule has 92 valence electrons. The number of pyridine rings is 1. The smallest absolute Gasteiger partial charge is 0.173 e. The van der Waals surface area contributed by atoms with Crippen molar-refractivity contribution in [3.63, 3.8) is 0 Å². The molecule has 1 aliphatic rings. The summed E-state index contributed by atoms with van der Waals surface area (Å²) in [6.45, 7) is 3.96. The Kier molecular flexibility index (Phi) is 3.46. The van der Waals surface area contributed by atoms with Gasteiger partial charge in [-0.1, -0.05) is 5.16 Å². The Morgan fingerprint density at radius 1 is 1.65 bits per heavy atom. The highest BCUT2D eigenvalue weighted by molar-refractivity contribution is 6.01. The molecule has 1 saturated carbocycles. The molecule has 3 N–H and O–H groups in total. The quantitative estimate of drug-likeness (QED) is 0.349. The summed E-state index contributed by atoms with van der Waals surface area (Å²) >= 11 is 0. The third-order valence-corrected chi connectivity index (χ3v) is 3.03. The molecule has 0 aliphatic heterocycles. The lowest BCUT2D eigenvalue weighted by Crippen LogP contribution is -2.29. The van der Waals surface area contributed by atoms with Crippen LogP contribution in [0.4, 0.5) is 5.82 Å². The van der Waals surface area contributed by atoms with E-state index in [1.807, 2.05) is 6.07 Å². The normalized spacial score (nSPS) is 15.9. The van der Waals surface area contributed by atoms with E-state index in [0.717, 1.165) is 24.8 Å². The predicted molar refractivity (Wildman–Crippen MR) is 67.4 cm³/mol. The molecule has 5 heteroatoms. The summed E-state index contributed by atoms with van der Waals surface area (Å²) in [7, 11) is 0. The van der Waals surface area contributed by atoms with Crippen LogP contribution >= 0.6 is 0 Å². The molecule has 0 unspecified atom stereocenters. The first kappa shape index (κ1) is 11.7. The minimum Gasteiger partial charge on any atom is -0.409 e. The van der Waals surface area contributed by atoms with Crippen LogP contribution in [0.5, 0.6) is 0 Å². The van der Waals surface area contributed by atoms with Crippen molar-refractivity contribution in [2.45, 2.75) is 19.8 Å². The fourth-order valence-electron chi connectivity index (χ4n) is 1.88. The molecule has 1 aromatic heterocycles. The van der Waals surface area contributed by atoms with Crippen LogP contribution in [0.3, 0.4) is 0 Å². The largest absolute Gasteiger partial charge is 0.409 e. The van der Waals surface area contributed by atoms with Crippen LogP contribution in [0.15, 0.2) is 23.5 Å². The molecule has 1 fully saturated rings. The van der Waals surface area contributed by atoms with Crippen molar-refractivity contribution >= 4 is 11.7 Å². The van der Waals surface area contributed by atoms with E-state index in [-0.39, 0.29) is 5.84 Å². The zero-order valence-electron chi connectivity index (χ0n) is 10.0. The van der Waals surface area contributed by atoms with E-state index in [1.165, 1.54) is 12.8 Å². The van der Waals surface area contributed by atoms with E-state index in [0.29, 0.717) is 5.56 Å². The third kappa shape index (κ3) is 2.67. The Morgan fingerprint density at radius 3 is 3.00 bits per heavy atom. The van der Waals surface area contributed by atoms with E-state index in [1.54, 1.807) is 12.3 Å². The van der Waals surface area contributed by atoms with Crippen molar-refractivity contribution in [1.29, 1.82) is 0 Å². The number of hydrogen-bond donors (Lipinski definition) is 2. The molecule has 17 heavy (non-hydrogen) atoms. The van der Waals surface area contributed by atoms with Crippen LogP contribution in [0.1, 0.15) is 25.3 Å². The number of aromatic nitrogens is 1. The summed E-state index contributed by atoms with van der Waals surface area (Å²) < 4.78 is 0. The molecule has 0 spiro atoms. The highest BCUT2D eigenvalue weighted by Crippen LogP contribution is 2.31. The highest BCUT2D eigenvalue weighted by atomic mass is 16.4. The van der Waals surface area contributed by atoms with Crippen molar-refractivity contribution in [3.8, 4) is 0 Å². The van der Waals surface area contributed by atoms with Crippen molar-refractivity contribution in [2.24, 2.45) is 16.8 Å². The first-order valence-electron chi connectivity index (χ1n) is 5.94. The van der Waals surface area contributed by atoms with Crippen molar-refractivity contribution in [1.82, 2.24) is 4.98 Å². The molecule has 0 radical (unpaired) electrons. The number of nitrogens with two attached hydrogens (primary N) is 1. The molecule has 1 aromatic rings. The van der Waals surface area contributed by atoms with Gasteiger partial charge in [0.05, 0.1) is 5.56 Å². The van der Waals surface area contributed by atoms with Gasteiger partial charge in [0.15, 0.2) is 5.84 Å². The summed E-state index contributed by atoms with van der Waals surface area (Å²) in [6, 6.07) is 3.62. The molecule has 0 saturated heterocycles. The molecule has 1 heterocycles. The lowest BCUT2D eigenvalue weighted by molar-refractivity contribution is 0.318. The van der Waals surface area contributed by atoms with Gasteiger partial charge >= 0.3 is 0 Å². The molecule has 1 aliphatic carbocycles. The summed E-state index contributed by atoms with van der Waals surface area (Å²) in [4.78, 5) is 6.54. The molecular formula is C12H18N4O. The van der Waals surface area contributed by atoms with Gasteiger partial charge in [0.2, 0.25) is 0 Å². The molecule has 2 rings (SSSR count). The maximum Gasteiger partial charge on any atom is 0.173 e. The Hall–Kier alpha value is -1.78. The number of anilines is 1. The number of nitrogens with zero attached hydrogens (tertiary/aromatic N) is 3. The average molecular weight is 234 g/mol. The number of hydrogen-bond acceptors (Lipinski definition) is 4. The molecule has 5 nitrogen and oxygen atoms in total. The van der Waals surface area contributed by atoms with Gasteiger partial charge in [0.25, 0.3) is 0 Å². The Morgan fingerprint density at radius 2 is 2.41 bits per heavy atom.